The van der Waals surface area contributed by atoms with Crippen LogP contribution in [0.25, 0.3) is 11.1 Å². The highest BCUT2D eigenvalue weighted by molar-refractivity contribution is 5.92. The molecule has 0 unspecified atom stereocenters. The fraction of sp³-hybridized carbons (Fsp3) is 0.379. The van der Waals surface area contributed by atoms with Crippen molar-refractivity contribution in [1.82, 2.24) is 10.3 Å². The van der Waals surface area contributed by atoms with E-state index in [4.69, 9.17) is 10.5 Å². The van der Waals surface area contributed by atoms with Crippen LogP contribution in [0.1, 0.15) is 66.1 Å². The first-order chi connectivity index (χ1) is 17.5. The standard InChI is InChI=1S/C29H35N3O4.2ClH/c30-28-14-12-23(18-32-28)26(33)19-31-16-15-20-7-9-21(10-8-20)22-11-13-25(29(34)35)27(17-22)36-24-5-3-1-2-4-6-24;;/h7-14,17-18,24,26,31,33H,1-6,15-16,19H2,(H2,30,32)(H,34,35);2*1H/t26-;;/m0../s1. The van der Waals surface area contributed by atoms with Crippen LogP contribution in [0, 0.1) is 0 Å². The third-order valence-electron chi connectivity index (χ3n) is 6.72. The number of benzene rings is 2. The van der Waals surface area contributed by atoms with Gasteiger partial charge in [0, 0.05) is 18.3 Å². The minimum atomic E-state index is -0.967. The van der Waals surface area contributed by atoms with Crippen LogP contribution in [-0.4, -0.2) is 40.4 Å². The fourth-order valence-corrected chi connectivity index (χ4v) is 4.58. The molecule has 1 aromatic heterocycles. The molecule has 2 aromatic carbocycles. The average molecular weight is 563 g/mol. The summed E-state index contributed by atoms with van der Waals surface area (Å²) in [7, 11) is 0. The Hall–Kier alpha value is -2.84. The zero-order valence-electron chi connectivity index (χ0n) is 21.3. The Morgan fingerprint density at radius 2 is 1.68 bits per heavy atom. The molecular formula is C29H37Cl2N3O4. The summed E-state index contributed by atoms with van der Waals surface area (Å²) in [5.41, 5.74) is 9.66. The Labute approximate surface area is 236 Å². The number of hydrogen-bond donors (Lipinski definition) is 4. The van der Waals surface area contributed by atoms with Crippen molar-refractivity contribution in [2.24, 2.45) is 0 Å². The predicted molar refractivity (Wildman–Crippen MR) is 156 cm³/mol. The second-order valence-corrected chi connectivity index (χ2v) is 9.43. The van der Waals surface area contributed by atoms with Crippen LogP contribution in [-0.2, 0) is 6.42 Å². The topological polar surface area (TPSA) is 118 Å². The number of carboxylic acids is 1. The molecule has 4 rings (SSSR count). The number of aromatic nitrogens is 1. The lowest BCUT2D eigenvalue weighted by Crippen LogP contribution is -2.23. The van der Waals surface area contributed by atoms with Gasteiger partial charge in [-0.2, -0.15) is 0 Å². The van der Waals surface area contributed by atoms with Crippen LogP contribution in [0.2, 0.25) is 0 Å². The number of hydrogen-bond acceptors (Lipinski definition) is 6. The summed E-state index contributed by atoms with van der Waals surface area (Å²) in [5, 5.41) is 23.2. The largest absolute Gasteiger partial charge is 0.490 e. The Morgan fingerprint density at radius 3 is 2.32 bits per heavy atom. The maximum Gasteiger partial charge on any atom is 0.339 e. The van der Waals surface area contributed by atoms with E-state index in [0.717, 1.165) is 55.3 Å². The Balaban J connectivity index is 0.00000253. The van der Waals surface area contributed by atoms with Crippen molar-refractivity contribution in [3.8, 4) is 16.9 Å². The summed E-state index contributed by atoms with van der Waals surface area (Å²) >= 11 is 0. The molecule has 0 bridgehead atoms. The molecule has 7 nitrogen and oxygen atoms in total. The van der Waals surface area contributed by atoms with E-state index in [9.17, 15) is 15.0 Å². The number of aliphatic hydroxyl groups is 1. The van der Waals surface area contributed by atoms with Crippen molar-refractivity contribution in [2.75, 3.05) is 18.8 Å². The van der Waals surface area contributed by atoms with Crippen LogP contribution in [0.3, 0.4) is 0 Å². The second kappa shape index (κ2) is 15.5. The zero-order chi connectivity index (χ0) is 25.3. The van der Waals surface area contributed by atoms with Gasteiger partial charge in [-0.1, -0.05) is 49.2 Å². The number of carbonyl (C=O) groups is 1. The third kappa shape index (κ3) is 8.88. The van der Waals surface area contributed by atoms with E-state index in [2.05, 4.69) is 34.6 Å². The molecule has 206 valence electrons. The van der Waals surface area contributed by atoms with Crippen LogP contribution >= 0.6 is 24.8 Å². The van der Waals surface area contributed by atoms with Gasteiger partial charge in [-0.15, -0.1) is 24.8 Å². The van der Waals surface area contributed by atoms with Gasteiger partial charge in [0.05, 0.1) is 12.2 Å². The maximum absolute atomic E-state index is 11.8. The smallest absolute Gasteiger partial charge is 0.339 e. The van der Waals surface area contributed by atoms with E-state index in [0.29, 0.717) is 18.1 Å². The molecule has 0 aliphatic heterocycles. The van der Waals surface area contributed by atoms with Crippen molar-refractivity contribution in [3.63, 3.8) is 0 Å². The number of halogens is 2. The lowest BCUT2D eigenvalue weighted by molar-refractivity contribution is 0.0688. The first-order valence-corrected chi connectivity index (χ1v) is 12.7. The van der Waals surface area contributed by atoms with Gasteiger partial charge in [-0.25, -0.2) is 9.78 Å². The minimum Gasteiger partial charge on any atom is -0.490 e. The highest BCUT2D eigenvalue weighted by Crippen LogP contribution is 2.31. The molecule has 1 atom stereocenters. The number of pyridine rings is 1. The molecule has 1 saturated carbocycles. The molecule has 1 fully saturated rings. The molecule has 38 heavy (non-hydrogen) atoms. The lowest BCUT2D eigenvalue weighted by Gasteiger charge is -2.19. The SMILES string of the molecule is Cl.Cl.Nc1ccc([C@@H](O)CNCCc2ccc(-c3ccc(C(=O)O)c(OC4CCCCCC4)c3)cc2)cn1. The molecule has 5 N–H and O–H groups in total. The van der Waals surface area contributed by atoms with E-state index < -0.39 is 12.1 Å². The number of nitrogens with one attached hydrogen (secondary N) is 1. The average Bonchev–Trinajstić information content (AvgIpc) is 3.16. The molecule has 1 aliphatic rings. The quantitative estimate of drug-likeness (QED) is 0.181. The lowest BCUT2D eigenvalue weighted by atomic mass is 10.0. The predicted octanol–water partition coefficient (Wildman–Crippen LogP) is 5.84. The number of rotatable bonds is 10. The van der Waals surface area contributed by atoms with Gasteiger partial charge in [-0.05, 0) is 73.5 Å². The monoisotopic (exact) mass is 561 g/mol. The summed E-state index contributed by atoms with van der Waals surface area (Å²) in [6.07, 6.45) is 8.48. The minimum absolute atomic E-state index is 0. The number of nitrogens with two attached hydrogens (primary N) is 1. The zero-order valence-corrected chi connectivity index (χ0v) is 23.0. The molecule has 1 aliphatic carbocycles. The summed E-state index contributed by atoms with van der Waals surface area (Å²) in [5.74, 6) is -0.0793. The third-order valence-corrected chi connectivity index (χ3v) is 6.72. The normalized spacial score (nSPS) is 14.4. The molecule has 0 amide bonds. The number of aliphatic hydroxyl groups excluding tert-OH is 1. The summed E-state index contributed by atoms with van der Waals surface area (Å²) in [6.45, 7) is 1.16. The molecule has 0 saturated heterocycles. The Bertz CT molecular complexity index is 1140. The first-order valence-electron chi connectivity index (χ1n) is 12.7. The fourth-order valence-electron chi connectivity index (χ4n) is 4.58. The van der Waals surface area contributed by atoms with Crippen molar-refractivity contribution < 1.29 is 19.7 Å². The maximum atomic E-state index is 11.8. The molecule has 9 heteroatoms. The van der Waals surface area contributed by atoms with Crippen LogP contribution < -0.4 is 15.8 Å². The summed E-state index contributed by atoms with van der Waals surface area (Å²) < 4.78 is 6.22. The van der Waals surface area contributed by atoms with Gasteiger partial charge in [0.15, 0.2) is 0 Å². The van der Waals surface area contributed by atoms with Crippen molar-refractivity contribution >= 4 is 36.6 Å². The van der Waals surface area contributed by atoms with E-state index in [1.807, 2.05) is 12.1 Å². The Kier molecular flexibility index (Phi) is 12.8. The van der Waals surface area contributed by atoms with Gasteiger partial charge >= 0.3 is 5.97 Å². The number of anilines is 1. The number of carboxylic acid groups (broad SMARTS) is 1. The number of ether oxygens (including phenoxy) is 1. The van der Waals surface area contributed by atoms with Crippen LogP contribution in [0.5, 0.6) is 5.75 Å². The van der Waals surface area contributed by atoms with Gasteiger partial charge in [0.1, 0.15) is 17.1 Å². The molecule has 0 spiro atoms. The van der Waals surface area contributed by atoms with Crippen LogP contribution in [0.4, 0.5) is 5.82 Å². The number of nitrogens with zero attached hydrogens (tertiary/aromatic N) is 1. The van der Waals surface area contributed by atoms with Gasteiger partial charge in [0.25, 0.3) is 0 Å². The molecule has 0 radical (unpaired) electrons. The van der Waals surface area contributed by atoms with E-state index in [-0.39, 0.29) is 36.5 Å². The number of nitrogen functional groups attached to an aromatic ring is 1. The van der Waals surface area contributed by atoms with E-state index >= 15 is 0 Å². The van der Waals surface area contributed by atoms with Gasteiger partial charge in [0.2, 0.25) is 0 Å². The summed E-state index contributed by atoms with van der Waals surface area (Å²) in [6, 6.07) is 17.1. The van der Waals surface area contributed by atoms with Crippen molar-refractivity contribution in [2.45, 2.75) is 57.2 Å². The van der Waals surface area contributed by atoms with Crippen molar-refractivity contribution in [1.29, 1.82) is 0 Å². The van der Waals surface area contributed by atoms with Gasteiger partial charge in [-0.3, -0.25) is 0 Å². The first kappa shape index (κ1) is 31.4. The highest BCUT2D eigenvalue weighted by Gasteiger charge is 2.19. The highest BCUT2D eigenvalue weighted by atomic mass is 35.5. The number of aromatic carboxylic acids is 1. The van der Waals surface area contributed by atoms with Crippen LogP contribution in [0.15, 0.2) is 60.8 Å². The Morgan fingerprint density at radius 1 is 1.00 bits per heavy atom. The second-order valence-electron chi connectivity index (χ2n) is 9.43. The molecule has 3 aromatic rings. The summed E-state index contributed by atoms with van der Waals surface area (Å²) in [4.78, 5) is 15.8. The van der Waals surface area contributed by atoms with E-state index in [1.54, 1.807) is 24.4 Å². The molecule has 1 heterocycles. The molecular weight excluding hydrogens is 525 g/mol. The van der Waals surface area contributed by atoms with E-state index in [1.165, 1.54) is 18.4 Å². The van der Waals surface area contributed by atoms with Crippen molar-refractivity contribution in [3.05, 3.63) is 77.5 Å². The van der Waals surface area contributed by atoms with Gasteiger partial charge < -0.3 is 26.0 Å².